The molecule has 0 saturated carbocycles. The minimum Gasteiger partial charge on any atom is -0.497 e. The number of carbonyl (C=O) groups is 2. The number of benzene rings is 2. The Bertz CT molecular complexity index is 686. The predicted octanol–water partition coefficient (Wildman–Crippen LogP) is 2.47. The Kier molecular flexibility index (Phi) is 6.37. The quantitative estimate of drug-likeness (QED) is 0.850. The van der Waals surface area contributed by atoms with Crippen LogP contribution in [0.25, 0.3) is 0 Å². The van der Waals surface area contributed by atoms with E-state index in [1.54, 1.807) is 36.3 Å². The number of carbonyl (C=O) groups excluding carboxylic acids is 2. The van der Waals surface area contributed by atoms with Crippen LogP contribution in [0, 0.1) is 0 Å². The Balaban J connectivity index is 1.88. The van der Waals surface area contributed by atoms with Crippen molar-refractivity contribution < 1.29 is 14.3 Å². The first-order chi connectivity index (χ1) is 11.6. The smallest absolute Gasteiger partial charge is 0.251 e. The summed E-state index contributed by atoms with van der Waals surface area (Å²) in [6.45, 7) is 2.92. The molecule has 0 fully saturated rings. The molecule has 5 heteroatoms. The van der Waals surface area contributed by atoms with Crippen LogP contribution in [0.4, 0.5) is 0 Å². The van der Waals surface area contributed by atoms with Crippen molar-refractivity contribution in [3.8, 4) is 5.75 Å². The minimum atomic E-state index is -0.183. The number of hydrogen-bond donors (Lipinski definition) is 1. The second kappa shape index (κ2) is 8.72. The van der Waals surface area contributed by atoms with Gasteiger partial charge in [-0.05, 0) is 23.8 Å². The molecule has 0 aliphatic carbocycles. The van der Waals surface area contributed by atoms with E-state index in [9.17, 15) is 9.59 Å². The molecular formula is C19H22N2O3. The van der Waals surface area contributed by atoms with Gasteiger partial charge >= 0.3 is 0 Å². The molecule has 1 N–H and O–H groups in total. The number of nitrogens with zero attached hydrogens (tertiary/aromatic N) is 1. The topological polar surface area (TPSA) is 58.6 Å². The molecule has 0 radical (unpaired) electrons. The van der Waals surface area contributed by atoms with Gasteiger partial charge in [-0.15, -0.1) is 0 Å². The van der Waals surface area contributed by atoms with Crippen molar-refractivity contribution in [1.29, 1.82) is 0 Å². The van der Waals surface area contributed by atoms with Crippen molar-refractivity contribution >= 4 is 11.8 Å². The molecule has 2 amide bonds. The van der Waals surface area contributed by atoms with Crippen LogP contribution in [-0.4, -0.2) is 36.9 Å². The highest BCUT2D eigenvalue weighted by atomic mass is 16.5. The van der Waals surface area contributed by atoms with Crippen molar-refractivity contribution in [3.63, 3.8) is 0 Å². The predicted molar refractivity (Wildman–Crippen MR) is 92.9 cm³/mol. The summed E-state index contributed by atoms with van der Waals surface area (Å²) in [6, 6.07) is 16.7. The number of methoxy groups -OCH3 is 1. The van der Waals surface area contributed by atoms with Crippen LogP contribution < -0.4 is 10.1 Å². The van der Waals surface area contributed by atoms with Gasteiger partial charge in [0.1, 0.15) is 5.75 Å². The van der Waals surface area contributed by atoms with Gasteiger partial charge in [0, 0.05) is 32.1 Å². The van der Waals surface area contributed by atoms with E-state index in [0.717, 1.165) is 5.56 Å². The summed E-state index contributed by atoms with van der Waals surface area (Å²) < 4.78 is 5.11. The summed E-state index contributed by atoms with van der Waals surface area (Å²) in [5.41, 5.74) is 1.60. The molecule has 0 unspecified atom stereocenters. The zero-order valence-corrected chi connectivity index (χ0v) is 14.0. The van der Waals surface area contributed by atoms with Crippen LogP contribution in [0.2, 0.25) is 0 Å². The second-order valence-corrected chi connectivity index (χ2v) is 5.41. The van der Waals surface area contributed by atoms with E-state index in [1.807, 2.05) is 30.3 Å². The third kappa shape index (κ3) is 5.12. The average molecular weight is 326 g/mol. The van der Waals surface area contributed by atoms with Crippen LogP contribution in [0.5, 0.6) is 5.75 Å². The SMILES string of the molecule is COc1cccc(C(=O)NCCN(Cc2ccccc2)C(C)=O)c1. The lowest BCUT2D eigenvalue weighted by Gasteiger charge is -2.21. The van der Waals surface area contributed by atoms with Crippen LogP contribution in [0.1, 0.15) is 22.8 Å². The summed E-state index contributed by atoms with van der Waals surface area (Å²) in [5.74, 6) is 0.434. The van der Waals surface area contributed by atoms with Crippen LogP contribution in [0.15, 0.2) is 54.6 Å². The lowest BCUT2D eigenvalue weighted by molar-refractivity contribution is -0.129. The van der Waals surface area contributed by atoms with Crippen molar-refractivity contribution in [1.82, 2.24) is 10.2 Å². The second-order valence-electron chi connectivity index (χ2n) is 5.41. The van der Waals surface area contributed by atoms with Crippen molar-refractivity contribution in [2.24, 2.45) is 0 Å². The Morgan fingerprint density at radius 3 is 2.50 bits per heavy atom. The minimum absolute atomic E-state index is 0.0190. The van der Waals surface area contributed by atoms with Gasteiger partial charge in [-0.25, -0.2) is 0 Å². The van der Waals surface area contributed by atoms with Crippen molar-refractivity contribution in [2.45, 2.75) is 13.5 Å². The van der Waals surface area contributed by atoms with Gasteiger partial charge in [0.25, 0.3) is 5.91 Å². The van der Waals surface area contributed by atoms with E-state index in [0.29, 0.717) is 30.9 Å². The van der Waals surface area contributed by atoms with Gasteiger partial charge in [0.15, 0.2) is 0 Å². The molecule has 0 bridgehead atoms. The van der Waals surface area contributed by atoms with Gasteiger partial charge in [-0.2, -0.15) is 0 Å². The molecule has 24 heavy (non-hydrogen) atoms. The highest BCUT2D eigenvalue weighted by molar-refractivity contribution is 5.94. The fourth-order valence-corrected chi connectivity index (χ4v) is 2.32. The first-order valence-electron chi connectivity index (χ1n) is 7.82. The maximum atomic E-state index is 12.2. The Hall–Kier alpha value is -2.82. The van der Waals surface area contributed by atoms with E-state index in [4.69, 9.17) is 4.74 Å². The largest absolute Gasteiger partial charge is 0.497 e. The molecule has 2 aromatic rings. The van der Waals surface area contributed by atoms with Gasteiger partial charge in [-0.3, -0.25) is 9.59 Å². The molecule has 126 valence electrons. The molecule has 2 aromatic carbocycles. The van der Waals surface area contributed by atoms with Crippen LogP contribution >= 0.6 is 0 Å². The van der Waals surface area contributed by atoms with E-state index < -0.39 is 0 Å². The molecule has 0 saturated heterocycles. The highest BCUT2D eigenvalue weighted by Crippen LogP contribution is 2.12. The fraction of sp³-hybridized carbons (Fsp3) is 0.263. The molecule has 5 nitrogen and oxygen atoms in total. The van der Waals surface area contributed by atoms with Gasteiger partial charge in [0.05, 0.1) is 7.11 Å². The lowest BCUT2D eigenvalue weighted by Crippen LogP contribution is -2.37. The first kappa shape index (κ1) is 17.5. The number of rotatable bonds is 7. The fourth-order valence-electron chi connectivity index (χ4n) is 2.32. The molecule has 0 aliphatic heterocycles. The van der Waals surface area contributed by atoms with Gasteiger partial charge < -0.3 is 15.0 Å². The summed E-state index contributed by atoms with van der Waals surface area (Å²) in [7, 11) is 1.56. The third-order valence-electron chi connectivity index (χ3n) is 3.66. The normalized spacial score (nSPS) is 10.1. The number of amides is 2. The molecule has 2 rings (SSSR count). The maximum absolute atomic E-state index is 12.2. The maximum Gasteiger partial charge on any atom is 0.251 e. The summed E-state index contributed by atoms with van der Waals surface area (Å²) in [5, 5.41) is 2.83. The third-order valence-corrected chi connectivity index (χ3v) is 3.66. The van der Waals surface area contributed by atoms with Gasteiger partial charge in [0.2, 0.25) is 5.91 Å². The van der Waals surface area contributed by atoms with Crippen LogP contribution in [-0.2, 0) is 11.3 Å². The zero-order chi connectivity index (χ0) is 17.4. The molecule has 0 aromatic heterocycles. The lowest BCUT2D eigenvalue weighted by atomic mass is 10.2. The van der Waals surface area contributed by atoms with Crippen molar-refractivity contribution in [3.05, 3.63) is 65.7 Å². The van der Waals surface area contributed by atoms with E-state index in [1.165, 1.54) is 6.92 Å². The monoisotopic (exact) mass is 326 g/mol. The Morgan fingerprint density at radius 1 is 1.08 bits per heavy atom. The number of nitrogens with one attached hydrogen (secondary N) is 1. The molecule has 0 aliphatic rings. The first-order valence-corrected chi connectivity index (χ1v) is 7.82. The standard InChI is InChI=1S/C19H22N2O3/c1-15(22)21(14-16-7-4-3-5-8-16)12-11-20-19(23)17-9-6-10-18(13-17)24-2/h3-10,13H,11-12,14H2,1-2H3,(H,20,23). The van der Waals surface area contributed by atoms with Crippen LogP contribution in [0.3, 0.4) is 0 Å². The Labute approximate surface area is 142 Å². The number of ether oxygens (including phenoxy) is 1. The summed E-state index contributed by atoms with van der Waals surface area (Å²) in [6.07, 6.45) is 0. The zero-order valence-electron chi connectivity index (χ0n) is 14.0. The number of hydrogen-bond acceptors (Lipinski definition) is 3. The average Bonchev–Trinajstić information content (AvgIpc) is 2.61. The van der Waals surface area contributed by atoms with E-state index in [2.05, 4.69) is 5.32 Å². The van der Waals surface area contributed by atoms with Gasteiger partial charge in [-0.1, -0.05) is 36.4 Å². The van der Waals surface area contributed by atoms with E-state index in [-0.39, 0.29) is 11.8 Å². The molecular weight excluding hydrogens is 304 g/mol. The molecule has 0 heterocycles. The summed E-state index contributed by atoms with van der Waals surface area (Å²) >= 11 is 0. The van der Waals surface area contributed by atoms with Crippen molar-refractivity contribution in [2.75, 3.05) is 20.2 Å². The Morgan fingerprint density at radius 2 is 1.83 bits per heavy atom. The summed E-state index contributed by atoms with van der Waals surface area (Å²) in [4.78, 5) is 25.6. The molecule has 0 spiro atoms. The van der Waals surface area contributed by atoms with E-state index >= 15 is 0 Å². The highest BCUT2D eigenvalue weighted by Gasteiger charge is 2.11. The molecule has 0 atom stereocenters.